The number of guanidine groups is 1. The summed E-state index contributed by atoms with van der Waals surface area (Å²) in [5.41, 5.74) is 0.278. The molecule has 0 amide bonds. The maximum absolute atomic E-state index is 13.7. The molecule has 26 heavy (non-hydrogen) atoms. The van der Waals surface area contributed by atoms with E-state index < -0.39 is 11.6 Å². The van der Waals surface area contributed by atoms with Crippen LogP contribution in [-0.2, 0) is 11.3 Å². The molecule has 0 radical (unpaired) electrons. The van der Waals surface area contributed by atoms with E-state index in [0.717, 1.165) is 51.4 Å². The van der Waals surface area contributed by atoms with E-state index in [1.54, 1.807) is 7.05 Å². The number of halogens is 2. The molecule has 1 aromatic rings. The molecule has 0 saturated carbocycles. The van der Waals surface area contributed by atoms with Crippen molar-refractivity contribution in [3.63, 3.8) is 0 Å². The second-order valence-corrected chi connectivity index (χ2v) is 6.97. The molecule has 2 N–H and O–H groups in total. The van der Waals surface area contributed by atoms with Crippen molar-refractivity contribution < 1.29 is 13.5 Å². The summed E-state index contributed by atoms with van der Waals surface area (Å²) in [6, 6.07) is 3.83. The summed E-state index contributed by atoms with van der Waals surface area (Å²) in [5.74, 6) is 0.285. The maximum Gasteiger partial charge on any atom is 0.191 e. The SMILES string of the molecule is CN=C(NCc1cc(F)ccc1F)NCC(CC(C)C)N1CCOCC1. The Kier molecular flexibility index (Phi) is 8.25. The van der Waals surface area contributed by atoms with Gasteiger partial charge in [-0.1, -0.05) is 13.8 Å². The minimum Gasteiger partial charge on any atom is -0.379 e. The zero-order chi connectivity index (χ0) is 18.9. The fraction of sp³-hybridized carbons (Fsp3) is 0.632. The molecule has 1 aliphatic rings. The molecule has 0 spiro atoms. The second kappa shape index (κ2) is 10.4. The van der Waals surface area contributed by atoms with Crippen LogP contribution in [0, 0.1) is 17.6 Å². The summed E-state index contributed by atoms with van der Waals surface area (Å²) < 4.78 is 32.5. The molecule has 0 aliphatic carbocycles. The number of hydrogen-bond donors (Lipinski definition) is 2. The van der Waals surface area contributed by atoms with Crippen LogP contribution in [0.5, 0.6) is 0 Å². The Balaban J connectivity index is 1.89. The Bertz CT molecular complexity index is 589. The van der Waals surface area contributed by atoms with Gasteiger partial charge < -0.3 is 15.4 Å². The first-order valence-electron chi connectivity index (χ1n) is 9.19. The fourth-order valence-corrected chi connectivity index (χ4v) is 3.14. The average molecular weight is 368 g/mol. The first kappa shape index (κ1) is 20.6. The van der Waals surface area contributed by atoms with Crippen molar-refractivity contribution in [3.8, 4) is 0 Å². The van der Waals surface area contributed by atoms with Crippen molar-refractivity contribution >= 4 is 5.96 Å². The van der Waals surface area contributed by atoms with Crippen molar-refractivity contribution in [1.29, 1.82) is 0 Å². The quantitative estimate of drug-likeness (QED) is 0.573. The molecule has 1 aliphatic heterocycles. The number of rotatable bonds is 7. The van der Waals surface area contributed by atoms with Crippen LogP contribution < -0.4 is 10.6 Å². The third-order valence-electron chi connectivity index (χ3n) is 4.49. The highest BCUT2D eigenvalue weighted by Crippen LogP contribution is 2.13. The third-order valence-corrected chi connectivity index (χ3v) is 4.49. The molecule has 146 valence electrons. The number of aliphatic imine (C=N–C) groups is 1. The van der Waals surface area contributed by atoms with Crippen LogP contribution in [-0.4, -0.2) is 56.8 Å². The van der Waals surface area contributed by atoms with Gasteiger partial charge in [-0.3, -0.25) is 9.89 Å². The lowest BCUT2D eigenvalue weighted by molar-refractivity contribution is 0.0132. The van der Waals surface area contributed by atoms with E-state index in [0.29, 0.717) is 17.9 Å². The molecule has 7 heteroatoms. The molecule has 1 unspecified atom stereocenters. The van der Waals surface area contributed by atoms with E-state index in [-0.39, 0.29) is 12.1 Å². The smallest absolute Gasteiger partial charge is 0.191 e. The van der Waals surface area contributed by atoms with Gasteiger partial charge in [0.1, 0.15) is 11.6 Å². The second-order valence-electron chi connectivity index (χ2n) is 6.97. The van der Waals surface area contributed by atoms with Gasteiger partial charge in [0.25, 0.3) is 0 Å². The third kappa shape index (κ3) is 6.53. The minimum absolute atomic E-state index is 0.176. The molecule has 0 bridgehead atoms. The molecule has 0 aromatic heterocycles. The van der Waals surface area contributed by atoms with Gasteiger partial charge in [0.15, 0.2) is 5.96 Å². The standard InChI is InChI=1S/C19H30F2N4O/c1-14(2)10-17(25-6-8-26-9-7-25)13-24-19(22-3)23-12-15-11-16(20)4-5-18(15)21/h4-5,11,14,17H,6-10,12-13H2,1-3H3,(H2,22,23,24). The van der Waals surface area contributed by atoms with Crippen molar-refractivity contribution in [2.75, 3.05) is 39.9 Å². The number of benzene rings is 1. The number of nitrogens with zero attached hydrogens (tertiary/aromatic N) is 2. The number of hydrogen-bond acceptors (Lipinski definition) is 3. The summed E-state index contributed by atoms with van der Waals surface area (Å²) in [4.78, 5) is 6.63. The predicted octanol–water partition coefficient (Wildman–Crippen LogP) is 2.38. The van der Waals surface area contributed by atoms with Gasteiger partial charge in [0.2, 0.25) is 0 Å². The molecule has 1 saturated heterocycles. The van der Waals surface area contributed by atoms with E-state index in [2.05, 4.69) is 34.4 Å². The first-order valence-corrected chi connectivity index (χ1v) is 9.19. The van der Waals surface area contributed by atoms with E-state index in [1.165, 1.54) is 6.07 Å². The van der Waals surface area contributed by atoms with Gasteiger partial charge in [0, 0.05) is 44.8 Å². The van der Waals surface area contributed by atoms with Crippen LogP contribution in [0.15, 0.2) is 23.2 Å². The first-order chi connectivity index (χ1) is 12.5. The fourth-order valence-electron chi connectivity index (χ4n) is 3.14. The normalized spacial score (nSPS) is 17.4. The molecule has 2 rings (SSSR count). The minimum atomic E-state index is -0.449. The number of ether oxygens (including phenoxy) is 1. The van der Waals surface area contributed by atoms with Gasteiger partial charge >= 0.3 is 0 Å². The van der Waals surface area contributed by atoms with Crippen LogP contribution in [0.4, 0.5) is 8.78 Å². The molecular formula is C19H30F2N4O. The van der Waals surface area contributed by atoms with E-state index in [9.17, 15) is 8.78 Å². The summed E-state index contributed by atoms with van der Waals surface area (Å²) in [6.07, 6.45) is 1.07. The largest absolute Gasteiger partial charge is 0.379 e. The highest BCUT2D eigenvalue weighted by Gasteiger charge is 2.22. The van der Waals surface area contributed by atoms with E-state index >= 15 is 0 Å². The average Bonchev–Trinajstić information content (AvgIpc) is 2.63. The van der Waals surface area contributed by atoms with Gasteiger partial charge in [-0.25, -0.2) is 8.78 Å². The molecule has 1 aromatic carbocycles. The van der Waals surface area contributed by atoms with Crippen LogP contribution in [0.2, 0.25) is 0 Å². The van der Waals surface area contributed by atoms with Gasteiger partial charge in [-0.15, -0.1) is 0 Å². The zero-order valence-electron chi connectivity index (χ0n) is 15.9. The van der Waals surface area contributed by atoms with Gasteiger partial charge in [-0.2, -0.15) is 0 Å². The highest BCUT2D eigenvalue weighted by atomic mass is 19.1. The Morgan fingerprint density at radius 1 is 1.23 bits per heavy atom. The van der Waals surface area contributed by atoms with Gasteiger partial charge in [-0.05, 0) is 30.5 Å². The highest BCUT2D eigenvalue weighted by molar-refractivity contribution is 5.79. The Hall–Kier alpha value is -1.73. The summed E-state index contributed by atoms with van der Waals surface area (Å²) in [5, 5.41) is 6.37. The van der Waals surface area contributed by atoms with E-state index in [4.69, 9.17) is 4.74 Å². The summed E-state index contributed by atoms with van der Waals surface area (Å²) in [6.45, 7) is 8.74. The monoisotopic (exact) mass is 368 g/mol. The lowest BCUT2D eigenvalue weighted by Crippen LogP contribution is -2.51. The lowest BCUT2D eigenvalue weighted by Gasteiger charge is -2.35. The Labute approximate surface area is 154 Å². The van der Waals surface area contributed by atoms with E-state index in [1.807, 2.05) is 0 Å². The lowest BCUT2D eigenvalue weighted by atomic mass is 10.0. The molecule has 1 atom stereocenters. The molecule has 1 fully saturated rings. The van der Waals surface area contributed by atoms with Crippen LogP contribution in [0.1, 0.15) is 25.8 Å². The topological polar surface area (TPSA) is 48.9 Å². The van der Waals surface area contributed by atoms with Crippen LogP contribution >= 0.6 is 0 Å². The van der Waals surface area contributed by atoms with Crippen molar-refractivity contribution in [2.24, 2.45) is 10.9 Å². The number of nitrogens with one attached hydrogen (secondary N) is 2. The van der Waals surface area contributed by atoms with Crippen molar-refractivity contribution in [2.45, 2.75) is 32.9 Å². The van der Waals surface area contributed by atoms with Crippen molar-refractivity contribution in [3.05, 3.63) is 35.4 Å². The van der Waals surface area contributed by atoms with Crippen LogP contribution in [0.25, 0.3) is 0 Å². The Morgan fingerprint density at radius 3 is 2.62 bits per heavy atom. The number of morpholine rings is 1. The van der Waals surface area contributed by atoms with Crippen LogP contribution in [0.3, 0.4) is 0 Å². The molecule has 1 heterocycles. The van der Waals surface area contributed by atoms with Crippen molar-refractivity contribution in [1.82, 2.24) is 15.5 Å². The Morgan fingerprint density at radius 2 is 1.96 bits per heavy atom. The van der Waals surface area contributed by atoms with Gasteiger partial charge in [0.05, 0.1) is 13.2 Å². The molecule has 5 nitrogen and oxygen atoms in total. The summed E-state index contributed by atoms with van der Waals surface area (Å²) in [7, 11) is 1.67. The zero-order valence-corrected chi connectivity index (χ0v) is 15.9. The predicted molar refractivity (Wildman–Crippen MR) is 100 cm³/mol. The maximum atomic E-state index is 13.7. The molecular weight excluding hydrogens is 338 g/mol. The summed E-state index contributed by atoms with van der Waals surface area (Å²) >= 11 is 0.